The van der Waals surface area contributed by atoms with Crippen molar-refractivity contribution in [2.24, 2.45) is 0 Å². The number of alkyl halides is 1. The van der Waals surface area contributed by atoms with Crippen molar-refractivity contribution in [1.29, 1.82) is 0 Å². The molecular formula is C11H14Cl3N. The van der Waals surface area contributed by atoms with Crippen LogP contribution < -0.4 is 0 Å². The third-order valence-corrected chi connectivity index (χ3v) is 3.58. The molecule has 0 fully saturated rings. The third-order valence-electron chi connectivity index (χ3n) is 2.39. The van der Waals surface area contributed by atoms with E-state index < -0.39 is 0 Å². The van der Waals surface area contributed by atoms with Gasteiger partial charge in [0, 0.05) is 18.5 Å². The summed E-state index contributed by atoms with van der Waals surface area (Å²) in [6, 6.07) is 6.03. The zero-order chi connectivity index (χ0) is 11.4. The first-order valence-corrected chi connectivity index (χ1v) is 6.03. The van der Waals surface area contributed by atoms with E-state index in [9.17, 15) is 0 Å². The molecule has 0 heterocycles. The predicted octanol–water partition coefficient (Wildman–Crippen LogP) is 4.05. The van der Waals surface area contributed by atoms with E-state index >= 15 is 0 Å². The van der Waals surface area contributed by atoms with Crippen LogP contribution in [0.4, 0.5) is 0 Å². The third kappa shape index (κ3) is 3.84. The predicted molar refractivity (Wildman–Crippen MR) is 68.1 cm³/mol. The standard InChI is InChI=1S/C11H14Cl3N/c1-8(6-12)15(2)7-9-3-4-10(13)11(14)5-9/h3-5,8H,6-7H2,1-2H3. The Balaban J connectivity index is 2.68. The Morgan fingerprint density at radius 3 is 2.47 bits per heavy atom. The molecule has 0 aliphatic heterocycles. The molecule has 84 valence electrons. The van der Waals surface area contributed by atoms with E-state index in [2.05, 4.69) is 11.8 Å². The van der Waals surface area contributed by atoms with E-state index in [4.69, 9.17) is 34.8 Å². The van der Waals surface area contributed by atoms with Crippen molar-refractivity contribution in [1.82, 2.24) is 4.90 Å². The van der Waals surface area contributed by atoms with Gasteiger partial charge in [-0.25, -0.2) is 0 Å². The van der Waals surface area contributed by atoms with Gasteiger partial charge in [0.15, 0.2) is 0 Å². The van der Waals surface area contributed by atoms with Gasteiger partial charge in [0.05, 0.1) is 10.0 Å². The van der Waals surface area contributed by atoms with Crippen LogP contribution in [-0.2, 0) is 6.54 Å². The van der Waals surface area contributed by atoms with Gasteiger partial charge in [-0.05, 0) is 31.7 Å². The highest BCUT2D eigenvalue weighted by Crippen LogP contribution is 2.23. The highest BCUT2D eigenvalue weighted by Gasteiger charge is 2.08. The van der Waals surface area contributed by atoms with E-state index in [1.165, 1.54) is 0 Å². The van der Waals surface area contributed by atoms with Gasteiger partial charge in [0.2, 0.25) is 0 Å². The zero-order valence-electron chi connectivity index (χ0n) is 8.80. The second-order valence-electron chi connectivity index (χ2n) is 3.67. The van der Waals surface area contributed by atoms with Crippen LogP contribution in [-0.4, -0.2) is 23.9 Å². The Morgan fingerprint density at radius 2 is 1.93 bits per heavy atom. The Labute approximate surface area is 106 Å². The highest BCUT2D eigenvalue weighted by molar-refractivity contribution is 6.42. The van der Waals surface area contributed by atoms with Gasteiger partial charge in [0.25, 0.3) is 0 Å². The number of nitrogens with zero attached hydrogens (tertiary/aromatic N) is 1. The van der Waals surface area contributed by atoms with E-state index in [1.807, 2.05) is 25.2 Å². The summed E-state index contributed by atoms with van der Waals surface area (Å²) in [5, 5.41) is 1.19. The molecule has 1 atom stereocenters. The summed E-state index contributed by atoms with van der Waals surface area (Å²) in [5.41, 5.74) is 1.14. The summed E-state index contributed by atoms with van der Waals surface area (Å²) in [5.74, 6) is 0.623. The fourth-order valence-electron chi connectivity index (χ4n) is 1.20. The minimum atomic E-state index is 0.348. The average molecular weight is 267 g/mol. The molecule has 0 spiro atoms. The van der Waals surface area contributed by atoms with Crippen molar-refractivity contribution in [2.75, 3.05) is 12.9 Å². The first-order valence-electron chi connectivity index (χ1n) is 4.74. The molecule has 1 nitrogen and oxygen atoms in total. The quantitative estimate of drug-likeness (QED) is 0.743. The van der Waals surface area contributed by atoms with Crippen LogP contribution in [0, 0.1) is 0 Å². The lowest BCUT2D eigenvalue weighted by Crippen LogP contribution is -2.29. The van der Waals surface area contributed by atoms with Crippen molar-refractivity contribution in [3.8, 4) is 0 Å². The van der Waals surface area contributed by atoms with Gasteiger partial charge < -0.3 is 0 Å². The molecule has 0 aromatic heterocycles. The van der Waals surface area contributed by atoms with Gasteiger partial charge in [-0.1, -0.05) is 29.3 Å². The Morgan fingerprint density at radius 1 is 1.27 bits per heavy atom. The number of hydrogen-bond acceptors (Lipinski definition) is 1. The largest absolute Gasteiger partial charge is 0.298 e. The van der Waals surface area contributed by atoms with Crippen molar-refractivity contribution in [3.05, 3.63) is 33.8 Å². The first-order chi connectivity index (χ1) is 7.04. The van der Waals surface area contributed by atoms with Crippen LogP contribution in [0.1, 0.15) is 12.5 Å². The second-order valence-corrected chi connectivity index (χ2v) is 4.79. The molecule has 1 aromatic rings. The lowest BCUT2D eigenvalue weighted by molar-refractivity contribution is 0.268. The zero-order valence-corrected chi connectivity index (χ0v) is 11.1. The normalized spacial score (nSPS) is 13.2. The van der Waals surface area contributed by atoms with Gasteiger partial charge in [0.1, 0.15) is 0 Å². The molecule has 0 amide bonds. The van der Waals surface area contributed by atoms with Crippen molar-refractivity contribution < 1.29 is 0 Å². The fourth-order valence-corrected chi connectivity index (χ4v) is 1.76. The Kier molecular flexibility index (Phi) is 5.20. The van der Waals surface area contributed by atoms with Gasteiger partial charge in [-0.15, -0.1) is 11.6 Å². The van der Waals surface area contributed by atoms with Crippen LogP contribution in [0.5, 0.6) is 0 Å². The molecule has 1 unspecified atom stereocenters. The van der Waals surface area contributed by atoms with E-state index in [0.29, 0.717) is 22.0 Å². The summed E-state index contributed by atoms with van der Waals surface area (Å²) < 4.78 is 0. The maximum absolute atomic E-state index is 5.93. The molecule has 1 aromatic carbocycles. The van der Waals surface area contributed by atoms with E-state index in [1.54, 1.807) is 0 Å². The number of benzene rings is 1. The molecule has 4 heteroatoms. The van der Waals surface area contributed by atoms with Crippen LogP contribution in [0.2, 0.25) is 10.0 Å². The molecular weight excluding hydrogens is 252 g/mol. The van der Waals surface area contributed by atoms with Crippen LogP contribution in [0.15, 0.2) is 18.2 Å². The van der Waals surface area contributed by atoms with Crippen LogP contribution in [0.3, 0.4) is 0 Å². The lowest BCUT2D eigenvalue weighted by Gasteiger charge is -2.22. The topological polar surface area (TPSA) is 3.24 Å². The number of halogens is 3. The summed E-state index contributed by atoms with van der Waals surface area (Å²) in [6.45, 7) is 2.91. The molecule has 1 rings (SSSR count). The number of hydrogen-bond donors (Lipinski definition) is 0. The van der Waals surface area contributed by atoms with E-state index in [0.717, 1.165) is 12.1 Å². The lowest BCUT2D eigenvalue weighted by atomic mass is 10.2. The molecule has 0 bridgehead atoms. The molecule has 0 saturated carbocycles. The van der Waals surface area contributed by atoms with Crippen molar-refractivity contribution >= 4 is 34.8 Å². The van der Waals surface area contributed by atoms with Crippen molar-refractivity contribution in [3.63, 3.8) is 0 Å². The minimum absolute atomic E-state index is 0.348. The maximum Gasteiger partial charge on any atom is 0.0595 e. The molecule has 0 N–H and O–H groups in total. The van der Waals surface area contributed by atoms with Gasteiger partial charge >= 0.3 is 0 Å². The Bertz CT molecular complexity index is 328. The summed E-state index contributed by atoms with van der Waals surface area (Å²) >= 11 is 17.6. The summed E-state index contributed by atoms with van der Waals surface area (Å²) in [4.78, 5) is 2.17. The molecule has 0 aliphatic carbocycles. The summed E-state index contributed by atoms with van der Waals surface area (Å²) in [6.07, 6.45) is 0. The SMILES string of the molecule is CC(CCl)N(C)Cc1ccc(Cl)c(Cl)c1. The smallest absolute Gasteiger partial charge is 0.0595 e. The van der Waals surface area contributed by atoms with Gasteiger partial charge in [-0.3, -0.25) is 4.90 Å². The first kappa shape index (κ1) is 13.1. The maximum atomic E-state index is 5.93. The van der Waals surface area contributed by atoms with Crippen LogP contribution >= 0.6 is 34.8 Å². The van der Waals surface area contributed by atoms with E-state index in [-0.39, 0.29) is 0 Å². The monoisotopic (exact) mass is 265 g/mol. The molecule has 0 aliphatic rings. The number of rotatable bonds is 4. The minimum Gasteiger partial charge on any atom is -0.298 e. The highest BCUT2D eigenvalue weighted by atomic mass is 35.5. The van der Waals surface area contributed by atoms with Gasteiger partial charge in [-0.2, -0.15) is 0 Å². The van der Waals surface area contributed by atoms with Crippen molar-refractivity contribution in [2.45, 2.75) is 19.5 Å². The Hall–Kier alpha value is 0.0500. The molecule has 0 saturated heterocycles. The average Bonchev–Trinajstić information content (AvgIpc) is 2.22. The second kappa shape index (κ2) is 5.95. The molecule has 0 radical (unpaired) electrons. The summed E-state index contributed by atoms with van der Waals surface area (Å²) in [7, 11) is 2.04. The fraction of sp³-hybridized carbons (Fsp3) is 0.455. The van der Waals surface area contributed by atoms with Crippen LogP contribution in [0.25, 0.3) is 0 Å². The molecule has 15 heavy (non-hydrogen) atoms.